The number of furan rings is 1. The first-order valence-electron chi connectivity index (χ1n) is 9.40. The summed E-state index contributed by atoms with van der Waals surface area (Å²) in [4.78, 5) is 15.0. The number of carbonyl (C=O) groups is 1. The third kappa shape index (κ3) is 2.74. The number of tetrazole rings is 1. The number of benzene rings is 1. The summed E-state index contributed by atoms with van der Waals surface area (Å²) in [5.41, 5.74) is 2.08. The molecule has 1 atom stereocenters. The Balaban J connectivity index is 1.32. The van der Waals surface area contributed by atoms with Gasteiger partial charge in [-0.3, -0.25) is 4.79 Å². The molecule has 1 amide bonds. The third-order valence-corrected chi connectivity index (χ3v) is 6.01. The molecule has 1 aliphatic carbocycles. The summed E-state index contributed by atoms with van der Waals surface area (Å²) in [6.45, 7) is 0.847. The summed E-state index contributed by atoms with van der Waals surface area (Å²) in [6, 6.07) is 11.8. The number of amides is 1. The molecule has 0 bridgehead atoms. The van der Waals surface area contributed by atoms with Gasteiger partial charge in [-0.1, -0.05) is 25.0 Å². The van der Waals surface area contributed by atoms with Crippen LogP contribution in [0.1, 0.15) is 43.0 Å². The topological polar surface area (TPSA) is 77.1 Å². The summed E-state index contributed by atoms with van der Waals surface area (Å²) >= 11 is 0. The smallest absolute Gasteiger partial charge is 0.227 e. The van der Waals surface area contributed by atoms with E-state index in [2.05, 4.69) is 15.5 Å². The molecule has 7 nitrogen and oxygen atoms in total. The molecule has 5 rings (SSSR count). The average Bonchev–Trinajstić information content (AvgIpc) is 3.43. The van der Waals surface area contributed by atoms with Crippen molar-refractivity contribution in [2.75, 3.05) is 6.54 Å². The molecule has 1 aromatic carbocycles. The highest BCUT2D eigenvalue weighted by Crippen LogP contribution is 2.58. The van der Waals surface area contributed by atoms with Gasteiger partial charge in [0.15, 0.2) is 0 Å². The molecule has 1 unspecified atom stereocenters. The highest BCUT2D eigenvalue weighted by molar-refractivity contribution is 5.80. The third-order valence-electron chi connectivity index (χ3n) is 6.01. The van der Waals surface area contributed by atoms with Crippen molar-refractivity contribution in [1.82, 2.24) is 25.1 Å². The highest BCUT2D eigenvalue weighted by atomic mass is 16.3. The van der Waals surface area contributed by atoms with Crippen molar-refractivity contribution in [3.8, 4) is 5.69 Å². The van der Waals surface area contributed by atoms with E-state index in [1.807, 2.05) is 41.3 Å². The average molecular weight is 363 g/mol. The van der Waals surface area contributed by atoms with E-state index in [0.29, 0.717) is 6.42 Å². The fourth-order valence-corrected chi connectivity index (χ4v) is 4.70. The standard InChI is InChI=1S/C20H21N5O2/c26-18(12-15-5-7-16(8-6-15)25-14-21-22-23-25)24-13-20(9-1-2-10-20)19(24)17-4-3-11-27-17/h3-8,11,14,19H,1-2,9-10,12-13H2. The Labute approximate surface area is 157 Å². The van der Waals surface area contributed by atoms with Gasteiger partial charge in [-0.25, -0.2) is 4.68 Å². The Kier molecular flexibility index (Phi) is 3.81. The number of rotatable bonds is 4. The van der Waals surface area contributed by atoms with Crippen LogP contribution in [-0.2, 0) is 11.2 Å². The van der Waals surface area contributed by atoms with Crippen molar-refractivity contribution < 1.29 is 9.21 Å². The van der Waals surface area contributed by atoms with E-state index in [9.17, 15) is 4.79 Å². The zero-order valence-electron chi connectivity index (χ0n) is 15.0. The van der Waals surface area contributed by atoms with Crippen molar-refractivity contribution in [3.05, 3.63) is 60.3 Å². The molecular weight excluding hydrogens is 342 g/mol. The maximum absolute atomic E-state index is 13.0. The van der Waals surface area contributed by atoms with Gasteiger partial charge < -0.3 is 9.32 Å². The summed E-state index contributed by atoms with van der Waals surface area (Å²) in [5.74, 6) is 1.08. The van der Waals surface area contributed by atoms with Gasteiger partial charge in [0.1, 0.15) is 12.1 Å². The molecule has 1 aliphatic heterocycles. The van der Waals surface area contributed by atoms with Crippen molar-refractivity contribution in [1.29, 1.82) is 0 Å². The van der Waals surface area contributed by atoms with E-state index in [0.717, 1.165) is 23.6 Å². The minimum Gasteiger partial charge on any atom is -0.467 e. The van der Waals surface area contributed by atoms with Crippen molar-refractivity contribution in [3.63, 3.8) is 0 Å². The lowest BCUT2D eigenvalue weighted by Gasteiger charge is -2.55. The van der Waals surface area contributed by atoms with E-state index in [1.165, 1.54) is 25.7 Å². The van der Waals surface area contributed by atoms with Gasteiger partial charge in [-0.2, -0.15) is 0 Å². The first kappa shape index (κ1) is 16.2. The van der Waals surface area contributed by atoms with E-state index in [-0.39, 0.29) is 17.4 Å². The Morgan fingerprint density at radius 2 is 2.00 bits per heavy atom. The molecule has 0 N–H and O–H groups in total. The number of hydrogen-bond acceptors (Lipinski definition) is 5. The van der Waals surface area contributed by atoms with Crippen molar-refractivity contribution >= 4 is 5.91 Å². The minimum absolute atomic E-state index is 0.0861. The molecule has 2 aromatic heterocycles. The largest absolute Gasteiger partial charge is 0.467 e. The highest BCUT2D eigenvalue weighted by Gasteiger charge is 2.56. The predicted octanol–water partition coefficient (Wildman–Crippen LogP) is 2.94. The summed E-state index contributed by atoms with van der Waals surface area (Å²) < 4.78 is 7.29. The van der Waals surface area contributed by atoms with Crippen LogP contribution in [0.15, 0.2) is 53.4 Å². The number of aromatic nitrogens is 4. The second kappa shape index (κ2) is 6.33. The van der Waals surface area contributed by atoms with Crippen LogP contribution in [0.25, 0.3) is 5.69 Å². The lowest BCUT2D eigenvalue weighted by atomic mass is 9.69. The van der Waals surface area contributed by atoms with Crippen LogP contribution < -0.4 is 0 Å². The fourth-order valence-electron chi connectivity index (χ4n) is 4.70. The van der Waals surface area contributed by atoms with E-state index in [4.69, 9.17) is 4.42 Å². The Morgan fingerprint density at radius 1 is 1.19 bits per heavy atom. The van der Waals surface area contributed by atoms with E-state index < -0.39 is 0 Å². The molecule has 1 saturated carbocycles. The molecule has 3 heterocycles. The molecule has 2 fully saturated rings. The summed E-state index contributed by atoms with van der Waals surface area (Å²) in [7, 11) is 0. The fraction of sp³-hybridized carbons (Fsp3) is 0.400. The summed E-state index contributed by atoms with van der Waals surface area (Å²) in [5, 5.41) is 11.2. The van der Waals surface area contributed by atoms with Gasteiger partial charge in [-0.15, -0.1) is 5.10 Å². The monoisotopic (exact) mass is 363 g/mol. The molecule has 27 heavy (non-hydrogen) atoms. The van der Waals surface area contributed by atoms with Gasteiger partial charge >= 0.3 is 0 Å². The molecule has 0 radical (unpaired) electrons. The van der Waals surface area contributed by atoms with E-state index in [1.54, 1.807) is 17.3 Å². The molecule has 2 aliphatic rings. The first-order chi connectivity index (χ1) is 13.3. The normalized spacial score (nSPS) is 20.7. The van der Waals surface area contributed by atoms with Gasteiger partial charge in [0.2, 0.25) is 5.91 Å². The quantitative estimate of drug-likeness (QED) is 0.712. The van der Waals surface area contributed by atoms with Gasteiger partial charge in [-0.05, 0) is 53.1 Å². The molecular formula is C20H21N5O2. The predicted molar refractivity (Wildman–Crippen MR) is 96.9 cm³/mol. The van der Waals surface area contributed by atoms with Crippen LogP contribution in [0.4, 0.5) is 0 Å². The molecule has 1 saturated heterocycles. The van der Waals surface area contributed by atoms with Gasteiger partial charge in [0, 0.05) is 12.0 Å². The maximum Gasteiger partial charge on any atom is 0.227 e. The van der Waals surface area contributed by atoms with Crippen molar-refractivity contribution in [2.24, 2.45) is 5.41 Å². The number of likely N-dealkylation sites (tertiary alicyclic amines) is 1. The second-order valence-corrected chi connectivity index (χ2v) is 7.61. The first-order valence-corrected chi connectivity index (χ1v) is 9.40. The molecule has 138 valence electrons. The number of nitrogens with zero attached hydrogens (tertiary/aromatic N) is 5. The molecule has 1 spiro atoms. The number of carbonyl (C=O) groups excluding carboxylic acids is 1. The second-order valence-electron chi connectivity index (χ2n) is 7.61. The van der Waals surface area contributed by atoms with Crippen LogP contribution in [0.5, 0.6) is 0 Å². The van der Waals surface area contributed by atoms with Crippen LogP contribution in [0.2, 0.25) is 0 Å². The zero-order valence-corrected chi connectivity index (χ0v) is 15.0. The maximum atomic E-state index is 13.0. The van der Waals surface area contributed by atoms with Gasteiger partial charge in [0.25, 0.3) is 0 Å². The van der Waals surface area contributed by atoms with Crippen LogP contribution in [0, 0.1) is 5.41 Å². The summed E-state index contributed by atoms with van der Waals surface area (Å²) in [6.07, 6.45) is 8.51. The Morgan fingerprint density at radius 3 is 2.67 bits per heavy atom. The SMILES string of the molecule is O=C(Cc1ccc(-n2cnnn2)cc1)N1CC2(CCCC2)C1c1ccco1. The van der Waals surface area contributed by atoms with Gasteiger partial charge in [0.05, 0.1) is 24.4 Å². The van der Waals surface area contributed by atoms with Crippen molar-refractivity contribution in [2.45, 2.75) is 38.1 Å². The number of hydrogen-bond donors (Lipinski definition) is 0. The van der Waals surface area contributed by atoms with E-state index >= 15 is 0 Å². The minimum atomic E-state index is 0.0861. The lowest BCUT2D eigenvalue weighted by Crippen LogP contribution is -2.59. The lowest BCUT2D eigenvalue weighted by molar-refractivity contribution is -0.156. The Bertz CT molecular complexity index is 912. The zero-order chi connectivity index (χ0) is 18.3. The molecule has 3 aromatic rings. The van der Waals surface area contributed by atoms with Crippen LogP contribution in [0.3, 0.4) is 0 Å². The van der Waals surface area contributed by atoms with Crippen LogP contribution in [-0.4, -0.2) is 37.6 Å². The Hall–Kier alpha value is -2.96. The molecule has 7 heteroatoms. The van der Waals surface area contributed by atoms with Crippen LogP contribution >= 0.6 is 0 Å².